The van der Waals surface area contributed by atoms with Crippen molar-refractivity contribution in [3.8, 4) is 5.75 Å². The summed E-state index contributed by atoms with van der Waals surface area (Å²) in [5.74, 6) is 0.735. The highest BCUT2D eigenvalue weighted by Gasteiger charge is 2.24. The summed E-state index contributed by atoms with van der Waals surface area (Å²) in [4.78, 5) is 13.1. The SMILES string of the molecule is CN1C(=O)Cc2cc(OCC(O)CN)ccc21. The number of benzene rings is 1. The molecule has 92 valence electrons. The van der Waals surface area contributed by atoms with Crippen molar-refractivity contribution in [2.45, 2.75) is 12.5 Å². The van der Waals surface area contributed by atoms with E-state index in [0.29, 0.717) is 12.2 Å². The van der Waals surface area contributed by atoms with Gasteiger partial charge in [-0.1, -0.05) is 0 Å². The maximum Gasteiger partial charge on any atom is 0.231 e. The number of likely N-dealkylation sites (N-methyl/N-ethyl adjacent to an activating group) is 1. The summed E-state index contributed by atoms with van der Waals surface area (Å²) < 4.78 is 5.39. The van der Waals surface area contributed by atoms with E-state index in [4.69, 9.17) is 10.5 Å². The number of fused-ring (bicyclic) bond motifs is 1. The van der Waals surface area contributed by atoms with Crippen LogP contribution in [0, 0.1) is 0 Å². The molecule has 17 heavy (non-hydrogen) atoms. The Bertz CT molecular complexity index is 434. The molecule has 0 aromatic heterocycles. The Morgan fingerprint density at radius 3 is 3.06 bits per heavy atom. The average molecular weight is 236 g/mol. The van der Waals surface area contributed by atoms with Gasteiger partial charge in [0.1, 0.15) is 18.5 Å². The third-order valence-corrected chi connectivity index (χ3v) is 2.84. The molecule has 0 bridgehead atoms. The first-order valence-electron chi connectivity index (χ1n) is 5.52. The minimum absolute atomic E-state index is 0.0825. The third-order valence-electron chi connectivity index (χ3n) is 2.84. The van der Waals surface area contributed by atoms with Crippen molar-refractivity contribution < 1.29 is 14.6 Å². The number of hydrogen-bond donors (Lipinski definition) is 2. The van der Waals surface area contributed by atoms with E-state index in [1.165, 1.54) is 0 Å². The first-order valence-corrected chi connectivity index (χ1v) is 5.52. The molecule has 1 unspecified atom stereocenters. The molecular formula is C12H16N2O3. The highest BCUT2D eigenvalue weighted by atomic mass is 16.5. The first-order chi connectivity index (χ1) is 8.11. The Morgan fingerprint density at radius 2 is 2.35 bits per heavy atom. The Balaban J connectivity index is 2.08. The molecule has 1 atom stereocenters. The van der Waals surface area contributed by atoms with Gasteiger partial charge in [-0.2, -0.15) is 0 Å². The van der Waals surface area contributed by atoms with Gasteiger partial charge in [0.25, 0.3) is 0 Å². The van der Waals surface area contributed by atoms with Crippen LogP contribution in [0.2, 0.25) is 0 Å². The molecule has 5 nitrogen and oxygen atoms in total. The molecule has 0 radical (unpaired) electrons. The van der Waals surface area contributed by atoms with Gasteiger partial charge in [0.2, 0.25) is 5.91 Å². The molecule has 1 aliphatic rings. The molecule has 1 aliphatic heterocycles. The maximum absolute atomic E-state index is 11.5. The molecule has 0 saturated heterocycles. The molecule has 1 aromatic carbocycles. The number of ether oxygens (including phenoxy) is 1. The van der Waals surface area contributed by atoms with Gasteiger partial charge in [0, 0.05) is 19.3 Å². The van der Waals surface area contributed by atoms with Crippen molar-refractivity contribution in [3.63, 3.8) is 0 Å². The summed E-state index contributed by atoms with van der Waals surface area (Å²) in [5.41, 5.74) is 7.16. The number of amides is 1. The van der Waals surface area contributed by atoms with Crippen molar-refractivity contribution >= 4 is 11.6 Å². The molecule has 0 fully saturated rings. The smallest absolute Gasteiger partial charge is 0.231 e. The van der Waals surface area contributed by atoms with Crippen molar-refractivity contribution in [3.05, 3.63) is 23.8 Å². The number of aliphatic hydroxyl groups is 1. The fraction of sp³-hybridized carbons (Fsp3) is 0.417. The van der Waals surface area contributed by atoms with Crippen molar-refractivity contribution in [2.24, 2.45) is 5.73 Å². The molecule has 5 heteroatoms. The number of rotatable bonds is 4. The number of carbonyl (C=O) groups excluding carboxylic acids is 1. The average Bonchev–Trinajstić information content (AvgIpc) is 2.62. The van der Waals surface area contributed by atoms with E-state index in [1.807, 2.05) is 12.1 Å². The van der Waals surface area contributed by atoms with Gasteiger partial charge in [-0.15, -0.1) is 0 Å². The lowest BCUT2D eigenvalue weighted by Crippen LogP contribution is -2.26. The highest BCUT2D eigenvalue weighted by molar-refractivity contribution is 6.01. The number of carbonyl (C=O) groups is 1. The lowest BCUT2D eigenvalue weighted by Gasteiger charge is -2.12. The predicted molar refractivity (Wildman–Crippen MR) is 64.1 cm³/mol. The van der Waals surface area contributed by atoms with Crippen LogP contribution in [0.4, 0.5) is 5.69 Å². The summed E-state index contributed by atoms with van der Waals surface area (Å²) in [7, 11) is 1.76. The first kappa shape index (κ1) is 11.9. The van der Waals surface area contributed by atoms with Gasteiger partial charge in [-0.05, 0) is 23.8 Å². The summed E-state index contributed by atoms with van der Waals surface area (Å²) in [5, 5.41) is 9.28. The van der Waals surface area contributed by atoms with E-state index in [2.05, 4.69) is 0 Å². The number of anilines is 1. The number of nitrogens with two attached hydrogens (primary N) is 1. The normalized spacial score (nSPS) is 15.9. The summed E-state index contributed by atoms with van der Waals surface area (Å²) in [6, 6.07) is 5.47. The van der Waals surface area contributed by atoms with Crippen LogP contribution >= 0.6 is 0 Å². The number of nitrogens with zero attached hydrogens (tertiary/aromatic N) is 1. The maximum atomic E-state index is 11.5. The van der Waals surface area contributed by atoms with Crippen LogP contribution in [0.1, 0.15) is 5.56 Å². The summed E-state index contributed by atoms with van der Waals surface area (Å²) in [6.07, 6.45) is -0.254. The lowest BCUT2D eigenvalue weighted by molar-refractivity contribution is -0.117. The second-order valence-electron chi connectivity index (χ2n) is 4.12. The second kappa shape index (κ2) is 4.73. The van der Waals surface area contributed by atoms with Crippen LogP contribution in [-0.2, 0) is 11.2 Å². The zero-order chi connectivity index (χ0) is 12.4. The van der Waals surface area contributed by atoms with Crippen LogP contribution in [0.3, 0.4) is 0 Å². The van der Waals surface area contributed by atoms with E-state index in [0.717, 1.165) is 11.3 Å². The van der Waals surface area contributed by atoms with E-state index in [9.17, 15) is 9.90 Å². The second-order valence-corrected chi connectivity index (χ2v) is 4.12. The molecule has 0 spiro atoms. The zero-order valence-corrected chi connectivity index (χ0v) is 9.72. The van der Waals surface area contributed by atoms with Crippen molar-refractivity contribution in [1.29, 1.82) is 0 Å². The molecule has 1 aromatic rings. The van der Waals surface area contributed by atoms with Gasteiger partial charge in [-0.25, -0.2) is 0 Å². The Morgan fingerprint density at radius 1 is 1.59 bits per heavy atom. The van der Waals surface area contributed by atoms with Crippen LogP contribution in [0.15, 0.2) is 18.2 Å². The number of hydrogen-bond acceptors (Lipinski definition) is 4. The lowest BCUT2D eigenvalue weighted by atomic mass is 10.1. The molecule has 2 rings (SSSR count). The number of aliphatic hydroxyl groups excluding tert-OH is 1. The largest absolute Gasteiger partial charge is 0.491 e. The third kappa shape index (κ3) is 2.40. The predicted octanol–water partition coefficient (Wildman–Crippen LogP) is -0.0961. The molecule has 1 amide bonds. The summed E-state index contributed by atoms with van der Waals surface area (Å²) >= 11 is 0. The van der Waals surface area contributed by atoms with Crippen molar-refractivity contribution in [1.82, 2.24) is 0 Å². The van der Waals surface area contributed by atoms with Crippen molar-refractivity contribution in [2.75, 3.05) is 25.1 Å². The van der Waals surface area contributed by atoms with Crippen LogP contribution in [0.25, 0.3) is 0 Å². The zero-order valence-electron chi connectivity index (χ0n) is 9.72. The van der Waals surface area contributed by atoms with E-state index < -0.39 is 6.10 Å². The topological polar surface area (TPSA) is 75.8 Å². The van der Waals surface area contributed by atoms with Crippen LogP contribution in [0.5, 0.6) is 5.75 Å². The minimum atomic E-state index is -0.660. The fourth-order valence-electron chi connectivity index (χ4n) is 1.80. The Hall–Kier alpha value is -1.59. The van der Waals surface area contributed by atoms with Gasteiger partial charge in [-0.3, -0.25) is 4.79 Å². The van der Waals surface area contributed by atoms with E-state index in [1.54, 1.807) is 18.0 Å². The molecule has 0 saturated carbocycles. The summed E-state index contributed by atoms with van der Waals surface area (Å²) in [6.45, 7) is 0.339. The molecule has 3 N–H and O–H groups in total. The standard InChI is InChI=1S/C12H16N2O3/c1-14-11-3-2-10(17-7-9(15)6-13)4-8(11)5-12(14)16/h2-4,9,15H,5-7,13H2,1H3. The van der Waals surface area contributed by atoms with E-state index >= 15 is 0 Å². The van der Waals surface area contributed by atoms with Gasteiger partial charge < -0.3 is 20.5 Å². The highest BCUT2D eigenvalue weighted by Crippen LogP contribution is 2.30. The van der Waals surface area contributed by atoms with Gasteiger partial charge in [0.15, 0.2) is 0 Å². The molecule has 0 aliphatic carbocycles. The minimum Gasteiger partial charge on any atom is -0.491 e. The monoisotopic (exact) mass is 236 g/mol. The molecular weight excluding hydrogens is 220 g/mol. The van der Waals surface area contributed by atoms with Gasteiger partial charge >= 0.3 is 0 Å². The quantitative estimate of drug-likeness (QED) is 0.765. The van der Waals surface area contributed by atoms with Crippen LogP contribution in [-0.4, -0.2) is 37.3 Å². The van der Waals surface area contributed by atoms with Crippen LogP contribution < -0.4 is 15.4 Å². The van der Waals surface area contributed by atoms with E-state index in [-0.39, 0.29) is 19.1 Å². The fourth-order valence-corrected chi connectivity index (χ4v) is 1.80. The van der Waals surface area contributed by atoms with Gasteiger partial charge in [0.05, 0.1) is 6.42 Å². The Labute approximate surface area is 99.8 Å². The Kier molecular flexibility index (Phi) is 3.31. The molecule has 1 heterocycles.